The predicted octanol–water partition coefficient (Wildman–Crippen LogP) is 9.27. The molecule has 7 rings (SSSR count). The highest BCUT2D eigenvalue weighted by Crippen LogP contribution is 2.45. The Morgan fingerprint density at radius 1 is 0.886 bits per heavy atom. The normalized spacial score (nSPS) is 12.9. The van der Waals surface area contributed by atoms with Gasteiger partial charge in [0.05, 0.1) is 33.0 Å². The fourth-order valence-corrected chi connectivity index (χ4v) is 7.51. The van der Waals surface area contributed by atoms with Gasteiger partial charge < -0.3 is 4.40 Å². The summed E-state index contributed by atoms with van der Waals surface area (Å²) in [4.78, 5) is 10.8. The molecule has 0 fully saturated rings. The van der Waals surface area contributed by atoms with Crippen molar-refractivity contribution in [2.75, 3.05) is 0 Å². The topological polar surface area (TPSA) is 30.2 Å². The Morgan fingerprint density at radius 3 is 2.51 bits per heavy atom. The van der Waals surface area contributed by atoms with Crippen molar-refractivity contribution in [2.24, 2.45) is 5.41 Å². The molecule has 0 radical (unpaired) electrons. The molecular formula is C30H24IN3S. The SMILES string of the molecule is Cc1c2ccc(CC(C)(C)C)cc2cc2c3ncnc4ccc5c6c(SI)cccc6n(c12)c5c43. The third-order valence-corrected chi connectivity index (χ3v) is 9.17. The van der Waals surface area contributed by atoms with Gasteiger partial charge in [0.15, 0.2) is 0 Å². The van der Waals surface area contributed by atoms with Crippen LogP contribution in [0.5, 0.6) is 0 Å². The molecule has 5 heteroatoms. The standard InChI is InChI=1S/C30H24IN3S/c1-16-19-9-8-17(14-30(2,3)4)12-18(19)13-21-27-26-22(32-15-33-27)11-10-20-25-23(6-5-7-24(25)35-31)34(28(16)21)29(20)26/h5-13,15H,14H2,1-4H3. The van der Waals surface area contributed by atoms with Crippen LogP contribution in [0.25, 0.3) is 59.9 Å². The highest BCUT2D eigenvalue weighted by atomic mass is 127. The first-order valence-electron chi connectivity index (χ1n) is 11.9. The van der Waals surface area contributed by atoms with Gasteiger partial charge in [0.1, 0.15) is 6.33 Å². The van der Waals surface area contributed by atoms with Gasteiger partial charge in [-0.1, -0.05) is 54.0 Å². The minimum Gasteiger partial charge on any atom is -0.307 e. The van der Waals surface area contributed by atoms with Gasteiger partial charge in [-0.25, -0.2) is 9.97 Å². The van der Waals surface area contributed by atoms with Crippen LogP contribution in [-0.4, -0.2) is 14.4 Å². The zero-order valence-electron chi connectivity index (χ0n) is 20.1. The zero-order valence-corrected chi connectivity index (χ0v) is 23.1. The van der Waals surface area contributed by atoms with Crippen LogP contribution in [0.2, 0.25) is 0 Å². The molecule has 0 aliphatic carbocycles. The summed E-state index contributed by atoms with van der Waals surface area (Å²) in [7, 11) is 1.78. The van der Waals surface area contributed by atoms with Crippen molar-refractivity contribution in [3.05, 3.63) is 72.1 Å². The van der Waals surface area contributed by atoms with Gasteiger partial charge in [-0.3, -0.25) is 0 Å². The molecule has 3 heterocycles. The van der Waals surface area contributed by atoms with E-state index in [0.717, 1.165) is 22.8 Å². The lowest BCUT2D eigenvalue weighted by Crippen LogP contribution is -2.09. The molecule has 0 atom stereocenters. The Bertz CT molecular complexity index is 1960. The maximum atomic E-state index is 4.87. The largest absolute Gasteiger partial charge is 0.307 e. The van der Waals surface area contributed by atoms with E-state index in [9.17, 15) is 0 Å². The Morgan fingerprint density at radius 2 is 1.71 bits per heavy atom. The molecule has 0 unspecified atom stereocenters. The zero-order chi connectivity index (χ0) is 24.1. The minimum absolute atomic E-state index is 0.249. The maximum absolute atomic E-state index is 4.87. The number of benzene rings is 4. The third-order valence-electron chi connectivity index (χ3n) is 7.24. The van der Waals surface area contributed by atoms with Crippen LogP contribution in [0, 0.1) is 12.3 Å². The van der Waals surface area contributed by atoms with E-state index in [1.165, 1.54) is 59.5 Å². The van der Waals surface area contributed by atoms with E-state index in [2.05, 4.69) is 113 Å². The van der Waals surface area contributed by atoms with Crippen molar-refractivity contribution in [3.63, 3.8) is 0 Å². The van der Waals surface area contributed by atoms with Crippen molar-refractivity contribution in [3.8, 4) is 0 Å². The molecule has 0 saturated heterocycles. The Hall–Kier alpha value is -2.64. The van der Waals surface area contributed by atoms with Gasteiger partial charge in [0.2, 0.25) is 0 Å². The second kappa shape index (κ2) is 7.43. The number of aryl methyl sites for hydroxylation is 1. The molecule has 7 aromatic rings. The molecule has 172 valence electrons. The smallest absolute Gasteiger partial charge is 0.116 e. The molecule has 0 amide bonds. The van der Waals surface area contributed by atoms with Crippen molar-refractivity contribution in [2.45, 2.75) is 39.0 Å². The lowest BCUT2D eigenvalue weighted by molar-refractivity contribution is 0.411. The molecule has 0 aliphatic rings. The quantitative estimate of drug-likeness (QED) is 0.115. The average molecular weight is 586 g/mol. The molecule has 4 aromatic carbocycles. The lowest BCUT2D eigenvalue weighted by Gasteiger charge is -2.19. The Kier molecular flexibility index (Phi) is 4.59. The van der Waals surface area contributed by atoms with Crippen LogP contribution in [0.1, 0.15) is 31.9 Å². The second-order valence-corrected chi connectivity index (χ2v) is 12.7. The first kappa shape index (κ1) is 21.6. The summed E-state index contributed by atoms with van der Waals surface area (Å²) in [5, 5.41) is 7.52. The number of fused-ring (bicyclic) bond motifs is 7. The van der Waals surface area contributed by atoms with Crippen molar-refractivity contribution >= 4 is 90.0 Å². The molecule has 0 saturated carbocycles. The van der Waals surface area contributed by atoms with Gasteiger partial charge in [-0.05, 0) is 71.0 Å². The average Bonchev–Trinajstić information content (AvgIpc) is 3.17. The van der Waals surface area contributed by atoms with E-state index in [4.69, 9.17) is 4.98 Å². The number of nitrogens with zero attached hydrogens (tertiary/aromatic N) is 3. The number of hydrogen-bond donors (Lipinski definition) is 0. The monoisotopic (exact) mass is 585 g/mol. The van der Waals surface area contributed by atoms with Gasteiger partial charge in [0.25, 0.3) is 0 Å². The van der Waals surface area contributed by atoms with Gasteiger partial charge in [0, 0.05) is 42.3 Å². The Labute approximate surface area is 219 Å². The van der Waals surface area contributed by atoms with E-state index in [-0.39, 0.29) is 5.41 Å². The van der Waals surface area contributed by atoms with Crippen LogP contribution < -0.4 is 0 Å². The summed E-state index contributed by atoms with van der Waals surface area (Å²) in [6.07, 6.45) is 2.77. The van der Waals surface area contributed by atoms with E-state index >= 15 is 0 Å². The number of halogens is 1. The van der Waals surface area contributed by atoms with E-state index in [0.29, 0.717) is 0 Å². The van der Waals surface area contributed by atoms with Crippen LogP contribution in [0.3, 0.4) is 0 Å². The van der Waals surface area contributed by atoms with Crippen LogP contribution in [0.15, 0.2) is 65.8 Å². The third kappa shape index (κ3) is 3.04. The number of hydrogen-bond acceptors (Lipinski definition) is 3. The van der Waals surface area contributed by atoms with E-state index in [1.807, 2.05) is 0 Å². The minimum atomic E-state index is 0.249. The van der Waals surface area contributed by atoms with Gasteiger partial charge in [-0.2, -0.15) is 0 Å². The molecule has 0 N–H and O–H groups in total. The molecule has 0 spiro atoms. The first-order valence-corrected chi connectivity index (χ1v) is 15.3. The number of rotatable bonds is 2. The van der Waals surface area contributed by atoms with E-state index in [1.54, 1.807) is 15.3 Å². The van der Waals surface area contributed by atoms with Crippen LogP contribution in [-0.2, 0) is 6.42 Å². The van der Waals surface area contributed by atoms with Gasteiger partial charge >= 0.3 is 0 Å². The summed E-state index contributed by atoms with van der Waals surface area (Å²) in [5.74, 6) is 0. The summed E-state index contributed by atoms with van der Waals surface area (Å²) in [5.41, 5.74) is 8.69. The molecule has 3 nitrogen and oxygen atoms in total. The molecular weight excluding hydrogens is 561 g/mol. The second-order valence-electron chi connectivity index (χ2n) is 10.8. The molecule has 35 heavy (non-hydrogen) atoms. The van der Waals surface area contributed by atoms with E-state index < -0.39 is 0 Å². The fourth-order valence-electron chi connectivity index (χ4n) is 5.98. The highest BCUT2D eigenvalue weighted by molar-refractivity contribution is 14.2. The summed E-state index contributed by atoms with van der Waals surface area (Å²) < 4.78 is 2.48. The van der Waals surface area contributed by atoms with Crippen LogP contribution >= 0.6 is 30.1 Å². The first-order chi connectivity index (χ1) is 16.9. The summed E-state index contributed by atoms with van der Waals surface area (Å²) in [6, 6.07) is 20.4. The fraction of sp³-hybridized carbons (Fsp3) is 0.200. The number of aromatic nitrogens is 3. The summed E-state index contributed by atoms with van der Waals surface area (Å²) in [6.45, 7) is 9.17. The van der Waals surface area contributed by atoms with Crippen molar-refractivity contribution in [1.29, 1.82) is 0 Å². The number of pyridine rings is 1. The lowest BCUT2D eigenvalue weighted by atomic mass is 9.87. The highest BCUT2D eigenvalue weighted by Gasteiger charge is 2.22. The van der Waals surface area contributed by atoms with Crippen molar-refractivity contribution < 1.29 is 0 Å². The van der Waals surface area contributed by atoms with Crippen LogP contribution in [0.4, 0.5) is 0 Å². The maximum Gasteiger partial charge on any atom is 0.116 e. The molecule has 0 aliphatic heterocycles. The molecule has 0 bridgehead atoms. The summed E-state index contributed by atoms with van der Waals surface area (Å²) >= 11 is 2.40. The predicted molar refractivity (Wildman–Crippen MR) is 159 cm³/mol. The van der Waals surface area contributed by atoms with Gasteiger partial charge in [-0.15, -0.1) is 0 Å². The van der Waals surface area contributed by atoms with Crippen molar-refractivity contribution in [1.82, 2.24) is 14.4 Å². The molecule has 3 aromatic heterocycles. The Balaban J connectivity index is 1.75.